The second-order valence-corrected chi connectivity index (χ2v) is 6.06. The third-order valence-electron chi connectivity index (χ3n) is 4.55. The average Bonchev–Trinajstić information content (AvgIpc) is 2.50. The number of methoxy groups -OCH3 is 1. The summed E-state index contributed by atoms with van der Waals surface area (Å²) < 4.78 is 5.18. The van der Waals surface area contributed by atoms with Crippen molar-refractivity contribution in [1.29, 1.82) is 0 Å². The minimum Gasteiger partial charge on any atom is -0.497 e. The number of rotatable bonds is 7. The van der Waals surface area contributed by atoms with E-state index in [4.69, 9.17) is 4.74 Å². The Morgan fingerprint density at radius 2 is 1.80 bits per heavy atom. The zero-order valence-electron chi connectivity index (χ0n) is 13.0. The predicted octanol–water partition coefficient (Wildman–Crippen LogP) is 4.19. The van der Waals surface area contributed by atoms with E-state index < -0.39 is 0 Å². The van der Waals surface area contributed by atoms with Crippen LogP contribution in [0.5, 0.6) is 5.75 Å². The van der Waals surface area contributed by atoms with Gasteiger partial charge in [-0.3, -0.25) is 0 Å². The molecule has 112 valence electrons. The molecule has 20 heavy (non-hydrogen) atoms. The average molecular weight is 275 g/mol. The van der Waals surface area contributed by atoms with Crippen LogP contribution in [0.25, 0.3) is 0 Å². The molecule has 0 unspecified atom stereocenters. The summed E-state index contributed by atoms with van der Waals surface area (Å²) in [5.74, 6) is 1.94. The van der Waals surface area contributed by atoms with Crippen molar-refractivity contribution < 1.29 is 4.74 Å². The zero-order chi connectivity index (χ0) is 14.2. The Bertz CT molecular complexity index is 366. The van der Waals surface area contributed by atoms with E-state index in [1.807, 2.05) is 12.1 Å². The molecular formula is C18H29NO. The van der Waals surface area contributed by atoms with Crippen molar-refractivity contribution in [1.82, 2.24) is 5.32 Å². The molecule has 2 heteroatoms. The number of hydrogen-bond donors (Lipinski definition) is 1. The Hall–Kier alpha value is -1.02. The quantitative estimate of drug-likeness (QED) is 0.806. The SMILES string of the molecule is CCCC1CCC(NCCc2ccc(OC)cc2)CC1. The number of hydrogen-bond acceptors (Lipinski definition) is 2. The Morgan fingerprint density at radius 3 is 2.40 bits per heavy atom. The van der Waals surface area contributed by atoms with Gasteiger partial charge in [-0.25, -0.2) is 0 Å². The first-order chi connectivity index (χ1) is 9.81. The number of ether oxygens (including phenoxy) is 1. The molecule has 0 spiro atoms. The minimum atomic E-state index is 0.751. The molecule has 2 nitrogen and oxygen atoms in total. The summed E-state index contributed by atoms with van der Waals surface area (Å²) in [5, 5.41) is 3.73. The van der Waals surface area contributed by atoms with Crippen LogP contribution >= 0.6 is 0 Å². The molecule has 1 aliphatic carbocycles. The fourth-order valence-corrected chi connectivity index (χ4v) is 3.28. The van der Waals surface area contributed by atoms with Gasteiger partial charge in [-0.1, -0.05) is 31.9 Å². The molecule has 0 heterocycles. The first kappa shape index (κ1) is 15.4. The molecule has 0 saturated heterocycles. The summed E-state index contributed by atoms with van der Waals surface area (Å²) in [5.41, 5.74) is 1.39. The van der Waals surface area contributed by atoms with Gasteiger partial charge in [0.2, 0.25) is 0 Å². The van der Waals surface area contributed by atoms with Crippen molar-refractivity contribution in [3.8, 4) is 5.75 Å². The second kappa shape index (κ2) is 8.31. The van der Waals surface area contributed by atoms with Crippen molar-refractivity contribution in [3.05, 3.63) is 29.8 Å². The van der Waals surface area contributed by atoms with Gasteiger partial charge in [0.05, 0.1) is 7.11 Å². The fourth-order valence-electron chi connectivity index (χ4n) is 3.28. The predicted molar refractivity (Wildman–Crippen MR) is 85.4 cm³/mol. The maximum atomic E-state index is 5.18. The van der Waals surface area contributed by atoms with Gasteiger partial charge < -0.3 is 10.1 Å². The van der Waals surface area contributed by atoms with E-state index in [1.54, 1.807) is 7.11 Å². The third kappa shape index (κ3) is 4.82. The maximum absolute atomic E-state index is 5.18. The van der Waals surface area contributed by atoms with E-state index in [0.717, 1.165) is 30.7 Å². The van der Waals surface area contributed by atoms with Crippen molar-refractivity contribution in [2.45, 2.75) is 57.9 Å². The van der Waals surface area contributed by atoms with Crippen LogP contribution in [0.3, 0.4) is 0 Å². The summed E-state index contributed by atoms with van der Waals surface area (Å²) in [6, 6.07) is 9.18. The first-order valence-corrected chi connectivity index (χ1v) is 8.18. The molecule has 1 aliphatic rings. The lowest BCUT2D eigenvalue weighted by Crippen LogP contribution is -2.34. The molecule has 1 saturated carbocycles. The highest BCUT2D eigenvalue weighted by Crippen LogP contribution is 2.27. The molecule has 0 aromatic heterocycles. The monoisotopic (exact) mass is 275 g/mol. The van der Waals surface area contributed by atoms with Crippen molar-refractivity contribution >= 4 is 0 Å². The Balaban J connectivity index is 1.63. The summed E-state index contributed by atoms with van der Waals surface area (Å²) in [6.45, 7) is 3.40. The van der Waals surface area contributed by atoms with Crippen LogP contribution in [0, 0.1) is 5.92 Å². The number of benzene rings is 1. The van der Waals surface area contributed by atoms with Crippen LogP contribution in [0.2, 0.25) is 0 Å². The van der Waals surface area contributed by atoms with Crippen LogP contribution in [-0.4, -0.2) is 19.7 Å². The largest absolute Gasteiger partial charge is 0.497 e. The van der Waals surface area contributed by atoms with Gasteiger partial charge in [-0.15, -0.1) is 0 Å². The standard InChI is InChI=1S/C18H29NO/c1-3-4-15-5-9-17(10-6-15)19-14-13-16-7-11-18(20-2)12-8-16/h7-8,11-12,15,17,19H,3-6,9-10,13-14H2,1-2H3. The highest BCUT2D eigenvalue weighted by atomic mass is 16.5. The lowest BCUT2D eigenvalue weighted by molar-refractivity contribution is 0.279. The van der Waals surface area contributed by atoms with Crippen LogP contribution < -0.4 is 10.1 Å². The van der Waals surface area contributed by atoms with Gasteiger partial charge in [-0.2, -0.15) is 0 Å². The molecule has 0 aliphatic heterocycles. The molecule has 0 amide bonds. The summed E-state index contributed by atoms with van der Waals surface area (Å²) in [6.07, 6.45) is 9.47. The Morgan fingerprint density at radius 1 is 1.10 bits per heavy atom. The molecule has 1 aromatic rings. The van der Waals surface area contributed by atoms with E-state index in [-0.39, 0.29) is 0 Å². The Kier molecular flexibility index (Phi) is 6.38. The highest BCUT2D eigenvalue weighted by Gasteiger charge is 2.19. The molecular weight excluding hydrogens is 246 g/mol. The molecule has 1 N–H and O–H groups in total. The minimum absolute atomic E-state index is 0.751. The van der Waals surface area contributed by atoms with Crippen molar-refractivity contribution in [3.63, 3.8) is 0 Å². The van der Waals surface area contributed by atoms with Crippen LogP contribution in [-0.2, 0) is 6.42 Å². The van der Waals surface area contributed by atoms with Gasteiger partial charge in [-0.05, 0) is 62.3 Å². The third-order valence-corrected chi connectivity index (χ3v) is 4.55. The topological polar surface area (TPSA) is 21.3 Å². The van der Waals surface area contributed by atoms with Crippen LogP contribution in [0.1, 0.15) is 51.0 Å². The lowest BCUT2D eigenvalue weighted by atomic mass is 9.83. The molecule has 2 rings (SSSR count). The summed E-state index contributed by atoms with van der Waals surface area (Å²) in [7, 11) is 1.71. The normalized spacial score (nSPS) is 22.7. The summed E-state index contributed by atoms with van der Waals surface area (Å²) >= 11 is 0. The van der Waals surface area contributed by atoms with E-state index >= 15 is 0 Å². The van der Waals surface area contributed by atoms with Crippen LogP contribution in [0.4, 0.5) is 0 Å². The van der Waals surface area contributed by atoms with Gasteiger partial charge in [0.1, 0.15) is 5.75 Å². The maximum Gasteiger partial charge on any atom is 0.118 e. The van der Waals surface area contributed by atoms with Gasteiger partial charge >= 0.3 is 0 Å². The molecule has 0 atom stereocenters. The van der Waals surface area contributed by atoms with E-state index in [0.29, 0.717) is 0 Å². The Labute approximate surface area is 123 Å². The van der Waals surface area contributed by atoms with Gasteiger partial charge in [0, 0.05) is 6.04 Å². The van der Waals surface area contributed by atoms with Gasteiger partial charge in [0.15, 0.2) is 0 Å². The van der Waals surface area contributed by atoms with E-state index in [1.165, 1.54) is 44.1 Å². The molecule has 1 fully saturated rings. The highest BCUT2D eigenvalue weighted by molar-refractivity contribution is 5.27. The van der Waals surface area contributed by atoms with Gasteiger partial charge in [0.25, 0.3) is 0 Å². The van der Waals surface area contributed by atoms with Crippen molar-refractivity contribution in [2.75, 3.05) is 13.7 Å². The molecule has 1 aromatic carbocycles. The molecule has 0 bridgehead atoms. The smallest absolute Gasteiger partial charge is 0.118 e. The molecule has 0 radical (unpaired) electrons. The van der Waals surface area contributed by atoms with Crippen LogP contribution in [0.15, 0.2) is 24.3 Å². The number of nitrogens with one attached hydrogen (secondary N) is 1. The summed E-state index contributed by atoms with van der Waals surface area (Å²) in [4.78, 5) is 0. The van der Waals surface area contributed by atoms with Crippen molar-refractivity contribution in [2.24, 2.45) is 5.92 Å². The van der Waals surface area contributed by atoms with E-state index in [9.17, 15) is 0 Å². The second-order valence-electron chi connectivity index (χ2n) is 6.06. The van der Waals surface area contributed by atoms with E-state index in [2.05, 4.69) is 24.4 Å². The first-order valence-electron chi connectivity index (χ1n) is 8.18. The zero-order valence-corrected chi connectivity index (χ0v) is 13.0. The lowest BCUT2D eigenvalue weighted by Gasteiger charge is -2.29. The fraction of sp³-hybridized carbons (Fsp3) is 0.667.